The zero-order valence-corrected chi connectivity index (χ0v) is 18.0. The van der Waals surface area contributed by atoms with Gasteiger partial charge in [0.15, 0.2) is 0 Å². The molecule has 0 radical (unpaired) electrons. The number of nitrogen functional groups attached to an aromatic ring is 1. The molecular formula is C23H20N4O5S. The lowest BCUT2D eigenvalue weighted by molar-refractivity contribution is -0.205. The highest BCUT2D eigenvalue weighted by Gasteiger charge is 2.44. The number of nitrogens with zero attached hydrogens (tertiary/aromatic N) is 3. The third-order valence-corrected chi connectivity index (χ3v) is 6.67. The van der Waals surface area contributed by atoms with Gasteiger partial charge in [-0.1, -0.05) is 48.2 Å². The van der Waals surface area contributed by atoms with Crippen molar-refractivity contribution in [2.75, 3.05) is 12.3 Å². The fourth-order valence-electron chi connectivity index (χ4n) is 3.79. The lowest BCUT2D eigenvalue weighted by atomic mass is 9.95. The van der Waals surface area contributed by atoms with Crippen LogP contribution < -0.4 is 5.73 Å². The molecule has 0 unspecified atom stereocenters. The maximum atomic E-state index is 10.4. The number of thioether (sulfide) groups is 1. The van der Waals surface area contributed by atoms with Crippen molar-refractivity contribution in [2.24, 2.45) is 0 Å². The second-order valence-corrected chi connectivity index (χ2v) is 8.61. The van der Waals surface area contributed by atoms with Gasteiger partial charge >= 0.3 is 0 Å². The molecule has 1 fully saturated rings. The molecule has 10 heteroatoms. The molecule has 9 nitrogen and oxygen atoms in total. The quantitative estimate of drug-likeness (QED) is 0.376. The maximum Gasteiger partial charge on any atom is 0.143 e. The van der Waals surface area contributed by atoms with Crippen molar-refractivity contribution in [1.82, 2.24) is 4.98 Å². The molecule has 0 saturated carbocycles. The van der Waals surface area contributed by atoms with Gasteiger partial charge in [0, 0.05) is 5.56 Å². The largest absolute Gasteiger partial charge is 0.394 e. The molecule has 0 spiro atoms. The predicted octanol–water partition coefficient (Wildman–Crippen LogP) is 1.12. The van der Waals surface area contributed by atoms with E-state index in [9.17, 15) is 30.9 Å². The Labute approximate surface area is 193 Å². The van der Waals surface area contributed by atoms with Crippen molar-refractivity contribution < 1.29 is 25.2 Å². The second kappa shape index (κ2) is 9.33. The van der Waals surface area contributed by atoms with E-state index in [-0.39, 0.29) is 22.0 Å². The topological polar surface area (TPSA) is 177 Å². The van der Waals surface area contributed by atoms with Crippen LogP contribution in [0.1, 0.15) is 11.1 Å². The number of benzene rings is 2. The number of aliphatic hydroxyl groups is 4. The van der Waals surface area contributed by atoms with E-state index in [2.05, 4.69) is 11.1 Å². The minimum atomic E-state index is -1.57. The van der Waals surface area contributed by atoms with Gasteiger partial charge in [-0.3, -0.25) is 0 Å². The molecule has 1 aliphatic heterocycles. The van der Waals surface area contributed by atoms with Gasteiger partial charge < -0.3 is 30.9 Å². The number of anilines is 1. The maximum absolute atomic E-state index is 10.4. The van der Waals surface area contributed by atoms with Crippen molar-refractivity contribution in [2.45, 2.75) is 34.9 Å². The number of fused-ring (bicyclic) bond motifs is 1. The van der Waals surface area contributed by atoms with Crippen LogP contribution in [0.15, 0.2) is 47.5 Å². The molecule has 0 bridgehead atoms. The first-order valence-corrected chi connectivity index (χ1v) is 10.9. The first kappa shape index (κ1) is 23.0. The van der Waals surface area contributed by atoms with Crippen LogP contribution in [0.5, 0.6) is 0 Å². The molecule has 1 aliphatic rings. The Balaban J connectivity index is 1.83. The average Bonchev–Trinajstić information content (AvgIpc) is 2.83. The van der Waals surface area contributed by atoms with E-state index >= 15 is 0 Å². The number of hydrogen-bond donors (Lipinski definition) is 5. The Hall–Kier alpha value is -3.22. The van der Waals surface area contributed by atoms with E-state index < -0.39 is 36.5 Å². The first-order valence-electron chi connectivity index (χ1n) is 9.99. The number of nitrogens with two attached hydrogens (primary N) is 1. The summed E-state index contributed by atoms with van der Waals surface area (Å²) >= 11 is 0.817. The van der Waals surface area contributed by atoms with Crippen LogP contribution in [0.2, 0.25) is 0 Å². The van der Waals surface area contributed by atoms with Gasteiger partial charge in [0.25, 0.3) is 0 Å². The van der Waals surface area contributed by atoms with Gasteiger partial charge in [-0.2, -0.15) is 10.5 Å². The van der Waals surface area contributed by atoms with E-state index in [0.29, 0.717) is 11.1 Å². The Kier molecular flexibility index (Phi) is 6.49. The molecule has 2 heterocycles. The molecule has 168 valence electrons. The number of aromatic nitrogens is 1. The van der Waals surface area contributed by atoms with Crippen molar-refractivity contribution in [1.29, 1.82) is 10.5 Å². The van der Waals surface area contributed by atoms with E-state index in [4.69, 9.17) is 10.5 Å². The molecule has 2 aromatic carbocycles. The molecular weight excluding hydrogens is 444 g/mol. The summed E-state index contributed by atoms with van der Waals surface area (Å²) in [5.74, 6) is -0.105. The summed E-state index contributed by atoms with van der Waals surface area (Å²) in [6.45, 7) is -0.585. The summed E-state index contributed by atoms with van der Waals surface area (Å²) in [6, 6.07) is 17.2. The van der Waals surface area contributed by atoms with Gasteiger partial charge in [-0.15, -0.1) is 0 Å². The Morgan fingerprint density at radius 3 is 2.33 bits per heavy atom. The molecule has 1 aromatic heterocycles. The molecule has 3 aromatic rings. The monoisotopic (exact) mass is 464 g/mol. The second-order valence-electron chi connectivity index (χ2n) is 7.53. The van der Waals surface area contributed by atoms with E-state index in [1.165, 1.54) is 0 Å². The summed E-state index contributed by atoms with van der Waals surface area (Å²) in [4.78, 5) is 4.18. The molecule has 0 aliphatic carbocycles. The molecule has 33 heavy (non-hydrogen) atoms. The molecule has 4 rings (SSSR count). The van der Waals surface area contributed by atoms with E-state index in [1.54, 1.807) is 6.07 Å². The third kappa shape index (κ3) is 4.12. The summed E-state index contributed by atoms with van der Waals surface area (Å²) in [7, 11) is 0. The van der Waals surface area contributed by atoms with E-state index in [0.717, 1.165) is 22.5 Å². The zero-order valence-electron chi connectivity index (χ0n) is 17.2. The first-order chi connectivity index (χ1) is 15.9. The van der Waals surface area contributed by atoms with Gasteiger partial charge in [-0.05, 0) is 22.4 Å². The molecule has 5 atom stereocenters. The standard InChI is InChI=1S/C23H20N4O5S/c24-8-14-17(13-6-5-11-3-1-2-4-12(11)7-13)15(9-25)22(27-21(14)26)33-23-20(31)19(30)18(29)16(10-28)32-23/h1-7,16,18-20,23,28-31H,10H2,(H2,26,27)/t16-,18+,19+,20-,23+/m1/s1. The molecule has 1 saturated heterocycles. The van der Waals surface area contributed by atoms with Crippen LogP contribution in [-0.2, 0) is 4.74 Å². The minimum Gasteiger partial charge on any atom is -0.394 e. The number of hydrogen-bond acceptors (Lipinski definition) is 10. The van der Waals surface area contributed by atoms with Crippen LogP contribution in [0.25, 0.3) is 21.9 Å². The highest BCUT2D eigenvalue weighted by atomic mass is 32.2. The summed E-state index contributed by atoms with van der Waals surface area (Å²) in [5, 5.41) is 61.6. The van der Waals surface area contributed by atoms with Crippen LogP contribution in [0.4, 0.5) is 5.82 Å². The molecule has 6 N–H and O–H groups in total. The van der Waals surface area contributed by atoms with Gasteiger partial charge in [0.1, 0.15) is 58.4 Å². The van der Waals surface area contributed by atoms with Crippen LogP contribution >= 0.6 is 11.8 Å². The van der Waals surface area contributed by atoms with Crippen molar-refractivity contribution in [3.05, 3.63) is 53.6 Å². The predicted molar refractivity (Wildman–Crippen MR) is 121 cm³/mol. The van der Waals surface area contributed by atoms with Crippen LogP contribution in [-0.4, -0.2) is 61.9 Å². The smallest absolute Gasteiger partial charge is 0.143 e. The van der Waals surface area contributed by atoms with Crippen LogP contribution in [0, 0.1) is 22.7 Å². The number of pyridine rings is 1. The zero-order chi connectivity index (χ0) is 23.7. The minimum absolute atomic E-state index is 0.0417. The fraction of sp³-hybridized carbons (Fsp3) is 0.261. The SMILES string of the molecule is N#Cc1c(N)nc(S[C@@H]2O[C@H](CO)[C@H](O)[C@H](O)[C@H]2O)c(C#N)c1-c1ccc2ccccc2c1. The fourth-order valence-corrected chi connectivity index (χ4v) is 4.93. The van der Waals surface area contributed by atoms with Gasteiger partial charge in [0.2, 0.25) is 0 Å². The highest BCUT2D eigenvalue weighted by Crippen LogP contribution is 2.40. The highest BCUT2D eigenvalue weighted by molar-refractivity contribution is 7.99. The Morgan fingerprint density at radius 1 is 0.970 bits per heavy atom. The number of nitriles is 2. The number of rotatable bonds is 4. The summed E-state index contributed by atoms with van der Waals surface area (Å²) in [5.41, 5.74) is 5.89. The average molecular weight is 465 g/mol. The van der Waals surface area contributed by atoms with Crippen molar-refractivity contribution in [3.63, 3.8) is 0 Å². The van der Waals surface area contributed by atoms with E-state index in [1.807, 2.05) is 42.5 Å². The summed E-state index contributed by atoms with van der Waals surface area (Å²) < 4.78 is 5.53. The van der Waals surface area contributed by atoms with Crippen molar-refractivity contribution in [3.8, 4) is 23.3 Å². The third-order valence-electron chi connectivity index (χ3n) is 5.53. The molecule has 0 amide bonds. The number of aliphatic hydroxyl groups excluding tert-OH is 4. The van der Waals surface area contributed by atoms with Gasteiger partial charge in [0.05, 0.1) is 12.2 Å². The Morgan fingerprint density at radius 2 is 1.67 bits per heavy atom. The van der Waals surface area contributed by atoms with Crippen LogP contribution in [0.3, 0.4) is 0 Å². The Bertz CT molecular complexity index is 1290. The van der Waals surface area contributed by atoms with Gasteiger partial charge in [-0.25, -0.2) is 4.98 Å². The normalized spacial score (nSPS) is 24.8. The number of ether oxygens (including phenoxy) is 1. The lowest BCUT2D eigenvalue weighted by Gasteiger charge is -2.39. The van der Waals surface area contributed by atoms with Crippen molar-refractivity contribution >= 4 is 28.4 Å². The lowest BCUT2D eigenvalue weighted by Crippen LogP contribution is -2.57. The summed E-state index contributed by atoms with van der Waals surface area (Å²) in [6.07, 6.45) is -5.72.